The van der Waals surface area contributed by atoms with Crippen molar-refractivity contribution in [3.63, 3.8) is 0 Å². The molecule has 1 heterocycles. The lowest BCUT2D eigenvalue weighted by Gasteiger charge is -2.22. The fraction of sp³-hybridized carbons (Fsp3) is 0.909. The van der Waals surface area contributed by atoms with E-state index in [9.17, 15) is 4.79 Å². The van der Waals surface area contributed by atoms with Crippen LogP contribution in [0.2, 0.25) is 0 Å². The van der Waals surface area contributed by atoms with Crippen molar-refractivity contribution < 1.29 is 9.53 Å². The fourth-order valence-electron chi connectivity index (χ4n) is 1.65. The van der Waals surface area contributed by atoms with Crippen molar-refractivity contribution in [2.75, 3.05) is 25.1 Å². The molecule has 0 bridgehead atoms. The monoisotopic (exact) mass is 277 g/mol. The smallest absolute Gasteiger partial charge is 0.225 e. The number of halogens is 1. The molecule has 1 fully saturated rings. The van der Waals surface area contributed by atoms with Gasteiger partial charge in [-0.15, -0.1) is 0 Å². The van der Waals surface area contributed by atoms with Crippen molar-refractivity contribution in [2.45, 2.75) is 26.2 Å². The number of amides is 1. The van der Waals surface area contributed by atoms with Crippen molar-refractivity contribution in [2.24, 2.45) is 11.8 Å². The van der Waals surface area contributed by atoms with Gasteiger partial charge in [0, 0.05) is 18.5 Å². The molecule has 0 spiro atoms. The van der Waals surface area contributed by atoms with Crippen LogP contribution in [0.1, 0.15) is 26.2 Å². The van der Waals surface area contributed by atoms with E-state index in [1.54, 1.807) is 0 Å². The molecule has 88 valence electrons. The van der Waals surface area contributed by atoms with Gasteiger partial charge in [0.25, 0.3) is 0 Å². The van der Waals surface area contributed by atoms with Crippen LogP contribution in [0.3, 0.4) is 0 Å². The lowest BCUT2D eigenvalue weighted by Crippen LogP contribution is -2.37. The molecule has 0 aromatic rings. The van der Waals surface area contributed by atoms with Gasteiger partial charge in [-0.1, -0.05) is 22.9 Å². The van der Waals surface area contributed by atoms with Gasteiger partial charge in [0.05, 0.1) is 12.5 Å². The average Bonchev–Trinajstić information content (AvgIpc) is 2.27. The third-order valence-electron chi connectivity index (χ3n) is 2.76. The average molecular weight is 278 g/mol. The maximum atomic E-state index is 11.7. The number of carbonyl (C=O) groups is 1. The quantitative estimate of drug-likeness (QED) is 0.781. The Bertz CT molecular complexity index is 193. The van der Waals surface area contributed by atoms with E-state index in [1.807, 2.05) is 0 Å². The van der Waals surface area contributed by atoms with Crippen LogP contribution >= 0.6 is 15.9 Å². The first-order valence-electron chi connectivity index (χ1n) is 5.65. The van der Waals surface area contributed by atoms with E-state index in [1.165, 1.54) is 0 Å². The molecular formula is C11H20BrNO2. The molecule has 1 N–H and O–H groups in total. The molecule has 1 amide bonds. The molecule has 0 aromatic heterocycles. The Balaban J connectivity index is 2.16. The number of ether oxygens (including phenoxy) is 1. The van der Waals surface area contributed by atoms with Gasteiger partial charge in [0.15, 0.2) is 0 Å². The molecule has 2 unspecified atom stereocenters. The summed E-state index contributed by atoms with van der Waals surface area (Å²) < 4.78 is 5.29. The summed E-state index contributed by atoms with van der Waals surface area (Å²) in [5, 5.41) is 3.99. The van der Waals surface area contributed by atoms with Crippen LogP contribution in [0.4, 0.5) is 0 Å². The topological polar surface area (TPSA) is 38.3 Å². The summed E-state index contributed by atoms with van der Waals surface area (Å²) in [4.78, 5) is 11.7. The normalized spacial score (nSPS) is 23.5. The minimum absolute atomic E-state index is 0.0786. The summed E-state index contributed by atoms with van der Waals surface area (Å²) in [5.41, 5.74) is 0. The van der Waals surface area contributed by atoms with Crippen molar-refractivity contribution in [1.29, 1.82) is 0 Å². The second kappa shape index (κ2) is 7.23. The Hall–Kier alpha value is -0.0900. The second-order valence-electron chi connectivity index (χ2n) is 4.24. The van der Waals surface area contributed by atoms with Crippen LogP contribution in [0.25, 0.3) is 0 Å². The van der Waals surface area contributed by atoms with Gasteiger partial charge in [-0.2, -0.15) is 0 Å². The molecule has 1 saturated heterocycles. The van der Waals surface area contributed by atoms with E-state index in [0.29, 0.717) is 12.5 Å². The Morgan fingerprint density at radius 2 is 2.47 bits per heavy atom. The van der Waals surface area contributed by atoms with Gasteiger partial charge in [-0.3, -0.25) is 4.79 Å². The standard InChI is InChI=1S/C11H20BrNO2/c1-9(4-5-12)7-13-11(14)10-3-2-6-15-8-10/h9-10H,2-8H2,1H3,(H,13,14). The molecule has 0 saturated carbocycles. The summed E-state index contributed by atoms with van der Waals surface area (Å²) in [6, 6.07) is 0. The summed E-state index contributed by atoms with van der Waals surface area (Å²) in [5.74, 6) is 0.781. The fourth-order valence-corrected chi connectivity index (χ4v) is 2.44. The SMILES string of the molecule is CC(CCBr)CNC(=O)C1CCCOC1. The van der Waals surface area contributed by atoms with E-state index >= 15 is 0 Å². The zero-order valence-corrected chi connectivity index (χ0v) is 10.9. The molecule has 0 radical (unpaired) electrons. The van der Waals surface area contributed by atoms with Gasteiger partial charge in [0.2, 0.25) is 5.91 Å². The van der Waals surface area contributed by atoms with Crippen LogP contribution in [0, 0.1) is 11.8 Å². The molecular weight excluding hydrogens is 258 g/mol. The first kappa shape index (κ1) is 13.0. The van der Waals surface area contributed by atoms with Crippen LogP contribution in [0.15, 0.2) is 0 Å². The number of nitrogens with one attached hydrogen (secondary N) is 1. The number of rotatable bonds is 5. The number of alkyl halides is 1. The molecule has 2 atom stereocenters. The highest BCUT2D eigenvalue weighted by Gasteiger charge is 2.21. The lowest BCUT2D eigenvalue weighted by atomic mass is 10.0. The van der Waals surface area contributed by atoms with Gasteiger partial charge in [-0.25, -0.2) is 0 Å². The molecule has 0 aliphatic carbocycles. The number of hydrogen-bond acceptors (Lipinski definition) is 2. The largest absolute Gasteiger partial charge is 0.381 e. The van der Waals surface area contributed by atoms with Gasteiger partial charge in [0.1, 0.15) is 0 Å². The van der Waals surface area contributed by atoms with E-state index < -0.39 is 0 Å². The van der Waals surface area contributed by atoms with Gasteiger partial charge >= 0.3 is 0 Å². The van der Waals surface area contributed by atoms with Gasteiger partial charge in [-0.05, 0) is 25.2 Å². The highest BCUT2D eigenvalue weighted by molar-refractivity contribution is 9.09. The maximum Gasteiger partial charge on any atom is 0.225 e. The molecule has 4 heteroatoms. The first-order valence-corrected chi connectivity index (χ1v) is 6.77. The van der Waals surface area contributed by atoms with Crippen molar-refractivity contribution in [1.82, 2.24) is 5.32 Å². The number of hydrogen-bond donors (Lipinski definition) is 1. The Labute approximate surface area is 100 Å². The highest BCUT2D eigenvalue weighted by Crippen LogP contribution is 2.13. The molecule has 0 aromatic carbocycles. The lowest BCUT2D eigenvalue weighted by molar-refractivity contribution is -0.129. The molecule has 1 rings (SSSR count). The predicted molar refractivity (Wildman–Crippen MR) is 64.1 cm³/mol. The minimum Gasteiger partial charge on any atom is -0.381 e. The molecule has 1 aliphatic heterocycles. The summed E-state index contributed by atoms with van der Waals surface area (Å²) >= 11 is 3.40. The van der Waals surface area contributed by atoms with Crippen molar-refractivity contribution in [3.8, 4) is 0 Å². The molecule has 15 heavy (non-hydrogen) atoms. The van der Waals surface area contributed by atoms with Crippen LogP contribution < -0.4 is 5.32 Å². The first-order chi connectivity index (χ1) is 7.24. The Kier molecular flexibility index (Phi) is 6.25. The third-order valence-corrected chi connectivity index (χ3v) is 3.22. The van der Waals surface area contributed by atoms with Crippen molar-refractivity contribution in [3.05, 3.63) is 0 Å². The number of carbonyl (C=O) groups excluding carboxylic acids is 1. The summed E-state index contributed by atoms with van der Waals surface area (Å²) in [6.07, 6.45) is 3.08. The third kappa shape index (κ3) is 4.98. The van der Waals surface area contributed by atoms with Crippen LogP contribution in [-0.4, -0.2) is 31.0 Å². The predicted octanol–water partition coefficient (Wildman–Crippen LogP) is 1.95. The van der Waals surface area contributed by atoms with E-state index in [-0.39, 0.29) is 11.8 Å². The van der Waals surface area contributed by atoms with Gasteiger partial charge < -0.3 is 10.1 Å². The molecule has 3 nitrogen and oxygen atoms in total. The second-order valence-corrected chi connectivity index (χ2v) is 5.04. The minimum atomic E-state index is 0.0786. The zero-order chi connectivity index (χ0) is 11.1. The van der Waals surface area contributed by atoms with E-state index in [4.69, 9.17) is 4.74 Å². The molecule has 1 aliphatic rings. The van der Waals surface area contributed by atoms with Crippen LogP contribution in [0.5, 0.6) is 0 Å². The Morgan fingerprint density at radius 3 is 3.07 bits per heavy atom. The zero-order valence-electron chi connectivity index (χ0n) is 9.30. The summed E-state index contributed by atoms with van der Waals surface area (Å²) in [6.45, 7) is 4.34. The Morgan fingerprint density at radius 1 is 1.67 bits per heavy atom. The van der Waals surface area contributed by atoms with Crippen LogP contribution in [-0.2, 0) is 9.53 Å². The van der Waals surface area contributed by atoms with Crippen molar-refractivity contribution >= 4 is 21.8 Å². The maximum absolute atomic E-state index is 11.7. The summed E-state index contributed by atoms with van der Waals surface area (Å²) in [7, 11) is 0. The van der Waals surface area contributed by atoms with E-state index in [2.05, 4.69) is 28.2 Å². The highest BCUT2D eigenvalue weighted by atomic mass is 79.9. The van der Waals surface area contributed by atoms with E-state index in [0.717, 1.165) is 37.7 Å².